The van der Waals surface area contributed by atoms with Crippen LogP contribution in [-0.2, 0) is 6.54 Å². The number of rotatable bonds is 12. The van der Waals surface area contributed by atoms with E-state index in [2.05, 4.69) is 50.2 Å². The number of nitrogens with zero attached hydrogens (tertiary/aromatic N) is 2. The molecule has 1 aromatic rings. The molecule has 0 bridgehead atoms. The van der Waals surface area contributed by atoms with Crippen molar-refractivity contribution in [1.29, 1.82) is 0 Å². The van der Waals surface area contributed by atoms with E-state index in [-0.39, 0.29) is 24.0 Å². The van der Waals surface area contributed by atoms with Gasteiger partial charge in [0.2, 0.25) is 0 Å². The Kier molecular flexibility index (Phi) is 14.7. The molecule has 0 unspecified atom stereocenters. The lowest BCUT2D eigenvalue weighted by Gasteiger charge is -2.30. The van der Waals surface area contributed by atoms with Gasteiger partial charge in [0.05, 0.1) is 27.9 Å². The highest BCUT2D eigenvalue weighted by Gasteiger charge is 2.13. The molecule has 0 spiro atoms. The molecular weight excluding hydrogens is 495 g/mol. The molecule has 2 N–H and O–H groups in total. The van der Waals surface area contributed by atoms with Gasteiger partial charge in [-0.05, 0) is 47.1 Å². The van der Waals surface area contributed by atoms with E-state index in [0.717, 1.165) is 43.3 Å². The van der Waals surface area contributed by atoms with E-state index >= 15 is 0 Å². The minimum Gasteiger partial charge on any atom is -0.496 e. The van der Waals surface area contributed by atoms with Crippen molar-refractivity contribution >= 4 is 29.9 Å². The molecule has 0 radical (unpaired) electrons. The van der Waals surface area contributed by atoms with E-state index in [0.29, 0.717) is 30.1 Å². The van der Waals surface area contributed by atoms with Crippen molar-refractivity contribution in [2.75, 3.05) is 41.0 Å². The van der Waals surface area contributed by atoms with Gasteiger partial charge in [-0.25, -0.2) is 4.99 Å². The normalized spacial score (nSPS) is 11.5. The maximum atomic E-state index is 5.50. The van der Waals surface area contributed by atoms with Crippen molar-refractivity contribution < 1.29 is 14.2 Å². The molecular formula is C22H41IN4O3. The Bertz CT molecular complexity index is 631. The second-order valence-electron chi connectivity index (χ2n) is 7.42. The lowest BCUT2D eigenvalue weighted by Crippen LogP contribution is -2.41. The first-order valence-electron chi connectivity index (χ1n) is 10.4. The van der Waals surface area contributed by atoms with Crippen molar-refractivity contribution in [3.63, 3.8) is 0 Å². The van der Waals surface area contributed by atoms with Gasteiger partial charge in [0, 0.05) is 43.3 Å². The number of methoxy groups -OCH3 is 3. The van der Waals surface area contributed by atoms with Crippen LogP contribution in [0.4, 0.5) is 0 Å². The van der Waals surface area contributed by atoms with E-state index in [1.807, 2.05) is 12.1 Å². The number of benzene rings is 1. The molecule has 0 fully saturated rings. The molecule has 0 aliphatic carbocycles. The zero-order valence-electron chi connectivity index (χ0n) is 19.9. The highest BCUT2D eigenvalue weighted by Crippen LogP contribution is 2.34. The topological polar surface area (TPSA) is 67.4 Å². The highest BCUT2D eigenvalue weighted by molar-refractivity contribution is 14.0. The molecule has 7 nitrogen and oxygen atoms in total. The van der Waals surface area contributed by atoms with Crippen LogP contribution < -0.4 is 24.8 Å². The summed E-state index contributed by atoms with van der Waals surface area (Å²) in [5.74, 6) is 2.83. The minimum absolute atomic E-state index is 0. The second kappa shape index (κ2) is 15.4. The average Bonchev–Trinajstić information content (AvgIpc) is 2.70. The van der Waals surface area contributed by atoms with E-state index < -0.39 is 0 Å². The summed E-state index contributed by atoms with van der Waals surface area (Å²) in [6, 6.07) is 4.84. The summed E-state index contributed by atoms with van der Waals surface area (Å²) in [6.45, 7) is 14.3. The van der Waals surface area contributed by atoms with Crippen LogP contribution >= 0.6 is 24.0 Å². The van der Waals surface area contributed by atoms with Gasteiger partial charge < -0.3 is 24.8 Å². The largest absolute Gasteiger partial charge is 0.496 e. The van der Waals surface area contributed by atoms with Crippen LogP contribution in [0.25, 0.3) is 0 Å². The number of hydrogen-bond acceptors (Lipinski definition) is 5. The Labute approximate surface area is 200 Å². The van der Waals surface area contributed by atoms with E-state index in [1.54, 1.807) is 21.3 Å². The fourth-order valence-corrected chi connectivity index (χ4v) is 3.30. The smallest absolute Gasteiger partial charge is 0.191 e. The van der Waals surface area contributed by atoms with Gasteiger partial charge in [-0.3, -0.25) is 4.90 Å². The summed E-state index contributed by atoms with van der Waals surface area (Å²) in [4.78, 5) is 7.21. The first-order valence-corrected chi connectivity index (χ1v) is 10.4. The van der Waals surface area contributed by atoms with Gasteiger partial charge in [-0.1, -0.05) is 0 Å². The third kappa shape index (κ3) is 9.16. The molecule has 8 heteroatoms. The van der Waals surface area contributed by atoms with Crippen LogP contribution in [0.5, 0.6) is 17.2 Å². The van der Waals surface area contributed by atoms with Gasteiger partial charge in [-0.2, -0.15) is 0 Å². The number of hydrogen-bond donors (Lipinski definition) is 2. The Morgan fingerprint density at radius 1 is 0.933 bits per heavy atom. The zero-order valence-corrected chi connectivity index (χ0v) is 22.2. The van der Waals surface area contributed by atoms with Crippen LogP contribution in [0, 0.1) is 0 Å². The summed E-state index contributed by atoms with van der Waals surface area (Å²) in [7, 11) is 4.88. The zero-order chi connectivity index (χ0) is 21.8. The van der Waals surface area contributed by atoms with E-state index in [9.17, 15) is 0 Å². The van der Waals surface area contributed by atoms with Crippen molar-refractivity contribution in [3.8, 4) is 17.2 Å². The average molecular weight is 536 g/mol. The summed E-state index contributed by atoms with van der Waals surface area (Å²) < 4.78 is 16.3. The first-order chi connectivity index (χ1) is 13.9. The number of aliphatic imine (C=N–C) groups is 1. The highest BCUT2D eigenvalue weighted by atomic mass is 127. The maximum absolute atomic E-state index is 5.50. The van der Waals surface area contributed by atoms with Crippen LogP contribution in [0.1, 0.15) is 46.6 Å². The fourth-order valence-electron chi connectivity index (χ4n) is 3.30. The second-order valence-corrected chi connectivity index (χ2v) is 7.42. The van der Waals surface area contributed by atoms with Crippen LogP contribution in [-0.4, -0.2) is 63.9 Å². The summed E-state index contributed by atoms with van der Waals surface area (Å²) in [5.41, 5.74) is 0.938. The standard InChI is InChI=1S/C22H40N4O3.HI/c1-9-23-22(24-11-10-12-26(16(2)3)17(4)5)25-15-18-13-20(28-7)21(29-8)14-19(18)27-6;/h13-14,16-17H,9-12,15H2,1-8H3,(H2,23,24,25);1H. The molecule has 0 aliphatic heterocycles. The third-order valence-electron chi connectivity index (χ3n) is 4.75. The van der Waals surface area contributed by atoms with Crippen LogP contribution in [0.3, 0.4) is 0 Å². The molecule has 0 aromatic heterocycles. The van der Waals surface area contributed by atoms with Gasteiger partial charge in [0.15, 0.2) is 17.5 Å². The predicted octanol–water partition coefficient (Wildman–Crippen LogP) is 3.89. The SMILES string of the molecule is CCNC(=NCc1cc(OC)c(OC)cc1OC)NCCCN(C(C)C)C(C)C.I. The molecule has 0 heterocycles. The molecule has 30 heavy (non-hydrogen) atoms. The van der Waals surface area contributed by atoms with Gasteiger partial charge in [0.25, 0.3) is 0 Å². The fraction of sp³-hybridized carbons (Fsp3) is 0.682. The van der Waals surface area contributed by atoms with Crippen molar-refractivity contribution in [1.82, 2.24) is 15.5 Å². The Morgan fingerprint density at radius 3 is 2.00 bits per heavy atom. The summed E-state index contributed by atoms with van der Waals surface area (Å²) in [5, 5.41) is 6.73. The van der Waals surface area contributed by atoms with Crippen LogP contribution in [0.15, 0.2) is 17.1 Å². The molecule has 1 aromatic carbocycles. The Hall–Kier alpha value is -1.42. The molecule has 0 saturated heterocycles. The van der Waals surface area contributed by atoms with Gasteiger partial charge >= 0.3 is 0 Å². The first kappa shape index (κ1) is 28.6. The molecule has 174 valence electrons. The third-order valence-corrected chi connectivity index (χ3v) is 4.75. The summed E-state index contributed by atoms with van der Waals surface area (Å²) in [6.07, 6.45) is 1.06. The lowest BCUT2D eigenvalue weighted by atomic mass is 10.1. The van der Waals surface area contributed by atoms with E-state index in [1.165, 1.54) is 0 Å². The number of nitrogens with one attached hydrogen (secondary N) is 2. The predicted molar refractivity (Wildman–Crippen MR) is 136 cm³/mol. The van der Waals surface area contributed by atoms with E-state index in [4.69, 9.17) is 19.2 Å². The monoisotopic (exact) mass is 536 g/mol. The quantitative estimate of drug-likeness (QED) is 0.183. The minimum atomic E-state index is 0. The lowest BCUT2D eigenvalue weighted by molar-refractivity contribution is 0.173. The molecule has 0 atom stereocenters. The maximum Gasteiger partial charge on any atom is 0.191 e. The Balaban J connectivity index is 0.00000841. The molecule has 0 amide bonds. The Morgan fingerprint density at radius 2 is 1.50 bits per heavy atom. The number of guanidine groups is 1. The molecule has 1 rings (SSSR count). The number of halogens is 1. The van der Waals surface area contributed by atoms with Crippen molar-refractivity contribution in [2.45, 2.75) is 59.7 Å². The van der Waals surface area contributed by atoms with Crippen LogP contribution in [0.2, 0.25) is 0 Å². The summed E-state index contributed by atoms with van der Waals surface area (Å²) >= 11 is 0. The number of ether oxygens (including phenoxy) is 3. The van der Waals surface area contributed by atoms with Gasteiger partial charge in [-0.15, -0.1) is 24.0 Å². The molecule has 0 saturated carbocycles. The van der Waals surface area contributed by atoms with Gasteiger partial charge in [0.1, 0.15) is 5.75 Å². The van der Waals surface area contributed by atoms with Crippen molar-refractivity contribution in [2.24, 2.45) is 4.99 Å². The molecule has 0 aliphatic rings. The van der Waals surface area contributed by atoms with Crippen molar-refractivity contribution in [3.05, 3.63) is 17.7 Å².